The van der Waals surface area contributed by atoms with Crippen molar-refractivity contribution >= 4 is 44.5 Å². The molecule has 1 aromatic heterocycles. The maximum Gasteiger partial charge on any atom is 0.416 e. The summed E-state index contributed by atoms with van der Waals surface area (Å²) in [4.78, 5) is 32.1. The van der Waals surface area contributed by atoms with Gasteiger partial charge in [-0.05, 0) is 61.9 Å². The third kappa shape index (κ3) is 6.72. The zero-order chi connectivity index (χ0) is 28.3. The van der Waals surface area contributed by atoms with E-state index in [0.29, 0.717) is 27.9 Å². The molecule has 10 heteroatoms. The molecule has 2 heterocycles. The molecule has 3 aromatic rings. The second-order valence-electron chi connectivity index (χ2n) is 10.2. The second kappa shape index (κ2) is 11.9. The first-order valence-corrected chi connectivity index (χ1v) is 13.8. The molecule has 0 spiro atoms. The second-order valence-corrected chi connectivity index (χ2v) is 11.1. The summed E-state index contributed by atoms with van der Waals surface area (Å²) in [6, 6.07) is 10.6. The van der Waals surface area contributed by atoms with Gasteiger partial charge in [0.2, 0.25) is 0 Å². The molecular weight excluding hydrogens is 575 g/mol. The molecule has 2 unspecified atom stereocenters. The van der Waals surface area contributed by atoms with E-state index in [2.05, 4.69) is 33.1 Å². The van der Waals surface area contributed by atoms with Crippen molar-refractivity contribution < 1.29 is 27.9 Å². The predicted octanol–water partition coefficient (Wildman–Crippen LogP) is 6.94. The summed E-state index contributed by atoms with van der Waals surface area (Å²) < 4.78 is 42.1. The Kier molecular flexibility index (Phi) is 8.83. The number of hydrogen-bond acceptors (Lipinski definition) is 4. The van der Waals surface area contributed by atoms with Crippen LogP contribution in [-0.2, 0) is 11.0 Å². The minimum absolute atomic E-state index is 0.0337. The summed E-state index contributed by atoms with van der Waals surface area (Å²) >= 11 is 3.46. The van der Waals surface area contributed by atoms with Gasteiger partial charge in [-0.1, -0.05) is 41.1 Å². The number of anilines is 1. The number of carbonyl (C=O) groups is 2. The summed E-state index contributed by atoms with van der Waals surface area (Å²) in [6.45, 7) is 5.53. The Hall–Kier alpha value is -3.14. The SMILES string of the molecule is Cc1c(N2CCCC(C)C2)nc2ccc(Br)cc2c1C(=O)NCC(CCC(=O)O)c1ccccc1C(F)(F)F. The summed E-state index contributed by atoms with van der Waals surface area (Å²) in [6.07, 6.45) is -2.84. The van der Waals surface area contributed by atoms with E-state index in [4.69, 9.17) is 4.98 Å². The van der Waals surface area contributed by atoms with E-state index in [1.807, 2.05) is 25.1 Å². The number of rotatable bonds is 8. The number of benzene rings is 2. The number of nitrogens with zero attached hydrogens (tertiary/aromatic N) is 2. The number of halogens is 4. The summed E-state index contributed by atoms with van der Waals surface area (Å²) in [5.41, 5.74) is 0.895. The molecule has 2 N–H and O–H groups in total. The first-order valence-electron chi connectivity index (χ1n) is 13.0. The molecule has 1 aliphatic heterocycles. The van der Waals surface area contributed by atoms with Crippen LogP contribution in [0.4, 0.5) is 19.0 Å². The van der Waals surface area contributed by atoms with Gasteiger partial charge in [-0.3, -0.25) is 9.59 Å². The van der Waals surface area contributed by atoms with E-state index in [1.165, 1.54) is 18.2 Å². The lowest BCUT2D eigenvalue weighted by Gasteiger charge is -2.33. The number of hydrogen-bond donors (Lipinski definition) is 2. The molecule has 0 aliphatic carbocycles. The highest BCUT2D eigenvalue weighted by atomic mass is 79.9. The molecule has 4 rings (SSSR count). The van der Waals surface area contributed by atoms with E-state index in [0.717, 1.165) is 42.3 Å². The van der Waals surface area contributed by atoms with Gasteiger partial charge >= 0.3 is 12.1 Å². The van der Waals surface area contributed by atoms with Crippen LogP contribution in [-0.4, -0.2) is 41.6 Å². The van der Waals surface area contributed by atoms with Crippen molar-refractivity contribution in [3.05, 3.63) is 69.2 Å². The standard InChI is InChI=1S/C29H31BrF3N3O3/c1-17-6-5-13-36(16-17)27-18(2)26(22-14-20(30)10-11-24(22)35-27)28(39)34-15-19(9-12-25(37)38)21-7-3-4-8-23(21)29(31,32)33/h3-4,7-8,10-11,14,17,19H,5-6,9,12-13,15-16H2,1-2H3,(H,34,39)(H,37,38). The molecule has 1 aliphatic rings. The quantitative estimate of drug-likeness (QED) is 0.291. The Morgan fingerprint density at radius 1 is 1.23 bits per heavy atom. The number of carbonyl (C=O) groups excluding carboxylic acids is 1. The van der Waals surface area contributed by atoms with Crippen molar-refractivity contribution in [2.24, 2.45) is 5.92 Å². The van der Waals surface area contributed by atoms with Crippen LogP contribution in [0.2, 0.25) is 0 Å². The number of aliphatic carboxylic acids is 1. The zero-order valence-electron chi connectivity index (χ0n) is 21.8. The van der Waals surface area contributed by atoms with Gasteiger partial charge in [-0.2, -0.15) is 13.2 Å². The van der Waals surface area contributed by atoms with Gasteiger partial charge in [0.25, 0.3) is 5.91 Å². The number of carboxylic acids is 1. The van der Waals surface area contributed by atoms with E-state index in [-0.39, 0.29) is 24.9 Å². The fourth-order valence-electron chi connectivity index (χ4n) is 5.38. The fraction of sp³-hybridized carbons (Fsp3) is 0.414. The Bertz CT molecular complexity index is 1380. The molecule has 1 amide bonds. The first-order chi connectivity index (χ1) is 18.5. The highest BCUT2D eigenvalue weighted by Gasteiger charge is 2.35. The minimum atomic E-state index is -4.60. The van der Waals surface area contributed by atoms with Crippen LogP contribution in [0.1, 0.15) is 65.6 Å². The number of fused-ring (bicyclic) bond motifs is 1. The number of carboxylic acid groups (broad SMARTS) is 1. The van der Waals surface area contributed by atoms with Crippen molar-refractivity contribution in [1.29, 1.82) is 0 Å². The molecule has 39 heavy (non-hydrogen) atoms. The largest absolute Gasteiger partial charge is 0.481 e. The van der Waals surface area contributed by atoms with Crippen molar-refractivity contribution in [1.82, 2.24) is 10.3 Å². The molecule has 6 nitrogen and oxygen atoms in total. The van der Waals surface area contributed by atoms with Gasteiger partial charge in [0.15, 0.2) is 0 Å². The third-order valence-electron chi connectivity index (χ3n) is 7.27. The molecule has 2 atom stereocenters. The van der Waals surface area contributed by atoms with Crippen LogP contribution in [0.25, 0.3) is 10.9 Å². The lowest BCUT2D eigenvalue weighted by atomic mass is 9.89. The summed E-state index contributed by atoms with van der Waals surface area (Å²) in [5.74, 6) is -1.18. The van der Waals surface area contributed by atoms with Crippen molar-refractivity contribution in [2.45, 2.75) is 51.6 Å². The van der Waals surface area contributed by atoms with Gasteiger partial charge in [0.1, 0.15) is 5.82 Å². The van der Waals surface area contributed by atoms with E-state index < -0.39 is 29.5 Å². The molecule has 0 radical (unpaired) electrons. The number of pyridine rings is 1. The summed E-state index contributed by atoms with van der Waals surface area (Å²) in [5, 5.41) is 12.7. The summed E-state index contributed by atoms with van der Waals surface area (Å²) in [7, 11) is 0. The average molecular weight is 606 g/mol. The van der Waals surface area contributed by atoms with Gasteiger partial charge in [-0.15, -0.1) is 0 Å². The molecule has 2 aromatic carbocycles. The van der Waals surface area contributed by atoms with Gasteiger partial charge in [0.05, 0.1) is 16.6 Å². The fourth-order valence-corrected chi connectivity index (χ4v) is 5.74. The molecule has 0 saturated carbocycles. The first kappa shape index (κ1) is 28.9. The lowest BCUT2D eigenvalue weighted by molar-refractivity contribution is -0.138. The number of nitrogens with one attached hydrogen (secondary N) is 1. The average Bonchev–Trinajstić information content (AvgIpc) is 2.87. The highest BCUT2D eigenvalue weighted by Crippen LogP contribution is 2.37. The maximum atomic E-state index is 13.8. The van der Waals surface area contributed by atoms with Gasteiger partial charge < -0.3 is 15.3 Å². The van der Waals surface area contributed by atoms with E-state index in [1.54, 1.807) is 0 Å². The zero-order valence-corrected chi connectivity index (χ0v) is 23.4. The van der Waals surface area contributed by atoms with Crippen LogP contribution >= 0.6 is 15.9 Å². The highest BCUT2D eigenvalue weighted by molar-refractivity contribution is 9.10. The van der Waals surface area contributed by atoms with Crippen molar-refractivity contribution in [3.63, 3.8) is 0 Å². The van der Waals surface area contributed by atoms with Crippen LogP contribution in [0.5, 0.6) is 0 Å². The topological polar surface area (TPSA) is 82.5 Å². The van der Waals surface area contributed by atoms with Crippen LogP contribution in [0.3, 0.4) is 0 Å². The monoisotopic (exact) mass is 605 g/mol. The molecule has 0 bridgehead atoms. The lowest BCUT2D eigenvalue weighted by Crippen LogP contribution is -2.36. The van der Waals surface area contributed by atoms with Crippen LogP contribution < -0.4 is 10.2 Å². The Morgan fingerprint density at radius 2 is 1.97 bits per heavy atom. The molecular formula is C29H31BrF3N3O3. The molecule has 1 saturated heterocycles. The number of aromatic nitrogens is 1. The Balaban J connectivity index is 1.70. The van der Waals surface area contributed by atoms with E-state index >= 15 is 0 Å². The number of alkyl halides is 3. The van der Waals surface area contributed by atoms with Crippen molar-refractivity contribution in [2.75, 3.05) is 24.5 Å². The molecule has 208 valence electrons. The predicted molar refractivity (Wildman–Crippen MR) is 148 cm³/mol. The Morgan fingerprint density at radius 3 is 2.67 bits per heavy atom. The van der Waals surface area contributed by atoms with Crippen molar-refractivity contribution in [3.8, 4) is 0 Å². The Labute approximate surface area is 233 Å². The van der Waals surface area contributed by atoms with E-state index in [9.17, 15) is 27.9 Å². The third-order valence-corrected chi connectivity index (χ3v) is 7.76. The van der Waals surface area contributed by atoms with Gasteiger partial charge in [-0.25, -0.2) is 4.98 Å². The van der Waals surface area contributed by atoms with Crippen LogP contribution in [0.15, 0.2) is 46.9 Å². The van der Waals surface area contributed by atoms with Gasteiger partial charge in [0, 0.05) is 47.4 Å². The number of amides is 1. The minimum Gasteiger partial charge on any atom is -0.481 e. The normalized spacial score (nSPS) is 16.8. The molecule has 1 fully saturated rings. The number of piperidine rings is 1. The smallest absolute Gasteiger partial charge is 0.416 e. The van der Waals surface area contributed by atoms with Crippen LogP contribution in [0, 0.1) is 12.8 Å². The maximum absolute atomic E-state index is 13.8.